The Labute approximate surface area is 64.5 Å². The summed E-state index contributed by atoms with van der Waals surface area (Å²) in [6.07, 6.45) is 0.149. The second-order valence-electron chi connectivity index (χ2n) is 3.14. The molecular weight excluding hydrogens is 146 g/mol. The maximum Gasteiger partial charge on any atom is 0.309 e. The number of aliphatic carboxylic acids is 1. The molecule has 62 valence electrons. The first kappa shape index (κ1) is 7.06. The van der Waals surface area contributed by atoms with Gasteiger partial charge in [-0.15, -0.1) is 0 Å². The van der Waals surface area contributed by atoms with Crippen molar-refractivity contribution < 1.29 is 14.6 Å². The normalized spacial score (nSPS) is 42.4. The molecule has 0 aromatic carbocycles. The number of carboxylic acid groups (broad SMARTS) is 1. The molecule has 0 amide bonds. The van der Waals surface area contributed by atoms with Crippen LogP contribution in [0.5, 0.6) is 0 Å². The Bertz CT molecular complexity index is 183. The second-order valence-corrected chi connectivity index (χ2v) is 3.14. The Balaban J connectivity index is 2.08. The molecule has 0 aromatic rings. The maximum atomic E-state index is 10.6. The van der Waals surface area contributed by atoms with Gasteiger partial charge in [-0.3, -0.25) is 4.79 Å². The molecule has 4 nitrogen and oxygen atoms in total. The zero-order chi connectivity index (χ0) is 7.84. The molecule has 0 unspecified atom stereocenters. The topological polar surface area (TPSA) is 58.6 Å². The van der Waals surface area contributed by atoms with Gasteiger partial charge in [0.15, 0.2) is 0 Å². The minimum absolute atomic E-state index is 0.149. The van der Waals surface area contributed by atoms with E-state index >= 15 is 0 Å². The van der Waals surface area contributed by atoms with Crippen molar-refractivity contribution in [1.29, 1.82) is 0 Å². The van der Waals surface area contributed by atoms with Crippen LogP contribution in [0.3, 0.4) is 0 Å². The van der Waals surface area contributed by atoms with E-state index in [-0.39, 0.29) is 17.9 Å². The number of carbonyl (C=O) groups is 1. The van der Waals surface area contributed by atoms with E-state index < -0.39 is 5.97 Å². The second kappa shape index (κ2) is 2.46. The number of hydrogen-bond acceptors (Lipinski definition) is 3. The Kier molecular flexibility index (Phi) is 1.58. The number of rotatable bonds is 1. The van der Waals surface area contributed by atoms with Gasteiger partial charge in [0.2, 0.25) is 0 Å². The van der Waals surface area contributed by atoms with Crippen molar-refractivity contribution in [2.75, 3.05) is 19.7 Å². The van der Waals surface area contributed by atoms with Crippen LogP contribution in [0.25, 0.3) is 0 Å². The van der Waals surface area contributed by atoms with Crippen LogP contribution in [0.2, 0.25) is 0 Å². The molecule has 0 bridgehead atoms. The number of carboxylic acids is 1. The molecule has 11 heavy (non-hydrogen) atoms. The molecule has 0 radical (unpaired) electrons. The lowest BCUT2D eigenvalue weighted by atomic mass is 9.94. The molecule has 2 rings (SSSR count). The average molecular weight is 157 g/mol. The Morgan fingerprint density at radius 2 is 2.36 bits per heavy atom. The van der Waals surface area contributed by atoms with Gasteiger partial charge in [0, 0.05) is 19.0 Å². The number of fused-ring (bicyclic) bond motifs is 1. The molecule has 3 atom stereocenters. The summed E-state index contributed by atoms with van der Waals surface area (Å²) in [5, 5.41) is 11.9. The fraction of sp³-hybridized carbons (Fsp3) is 0.857. The lowest BCUT2D eigenvalue weighted by Gasteiger charge is -2.09. The van der Waals surface area contributed by atoms with Crippen LogP contribution in [0.15, 0.2) is 0 Å². The third-order valence-electron chi connectivity index (χ3n) is 2.53. The number of hydrogen-bond donors (Lipinski definition) is 2. The van der Waals surface area contributed by atoms with E-state index in [0.717, 1.165) is 13.1 Å². The first-order valence-electron chi connectivity index (χ1n) is 3.84. The van der Waals surface area contributed by atoms with Gasteiger partial charge in [-0.05, 0) is 0 Å². The van der Waals surface area contributed by atoms with Crippen molar-refractivity contribution >= 4 is 5.97 Å². The lowest BCUT2D eigenvalue weighted by molar-refractivity contribution is -0.142. The summed E-state index contributed by atoms with van der Waals surface area (Å²) in [5.41, 5.74) is 0. The summed E-state index contributed by atoms with van der Waals surface area (Å²) in [4.78, 5) is 10.6. The summed E-state index contributed by atoms with van der Waals surface area (Å²) < 4.78 is 5.31. The molecule has 2 aliphatic heterocycles. The fourth-order valence-corrected chi connectivity index (χ4v) is 1.86. The molecule has 0 saturated carbocycles. The summed E-state index contributed by atoms with van der Waals surface area (Å²) >= 11 is 0. The molecule has 4 heteroatoms. The molecule has 0 aromatic heterocycles. The van der Waals surface area contributed by atoms with Crippen LogP contribution in [-0.4, -0.2) is 36.9 Å². The molecule has 2 aliphatic rings. The molecule has 2 heterocycles. The quantitative estimate of drug-likeness (QED) is 0.528. The van der Waals surface area contributed by atoms with Gasteiger partial charge in [-0.2, -0.15) is 0 Å². The first-order valence-corrected chi connectivity index (χ1v) is 3.84. The van der Waals surface area contributed by atoms with Crippen molar-refractivity contribution in [3.63, 3.8) is 0 Å². The predicted octanol–water partition coefficient (Wildman–Crippen LogP) is -0.695. The van der Waals surface area contributed by atoms with E-state index in [2.05, 4.69) is 5.32 Å². The molecule has 2 fully saturated rings. The predicted molar refractivity (Wildman–Crippen MR) is 37.2 cm³/mol. The van der Waals surface area contributed by atoms with E-state index in [1.165, 1.54) is 0 Å². The molecule has 2 saturated heterocycles. The van der Waals surface area contributed by atoms with Gasteiger partial charge in [0.25, 0.3) is 0 Å². The van der Waals surface area contributed by atoms with Crippen molar-refractivity contribution in [3.8, 4) is 0 Å². The highest BCUT2D eigenvalue weighted by Crippen LogP contribution is 2.29. The SMILES string of the molecule is O=C(O)[C@H]1CO[C@H]2CNC[C@H]21. The van der Waals surface area contributed by atoms with Crippen LogP contribution in [0, 0.1) is 11.8 Å². The minimum Gasteiger partial charge on any atom is -0.481 e. The zero-order valence-electron chi connectivity index (χ0n) is 6.12. The van der Waals surface area contributed by atoms with Gasteiger partial charge in [-0.1, -0.05) is 0 Å². The van der Waals surface area contributed by atoms with E-state index in [9.17, 15) is 4.79 Å². The third kappa shape index (κ3) is 1.02. The van der Waals surface area contributed by atoms with E-state index in [0.29, 0.717) is 6.61 Å². The summed E-state index contributed by atoms with van der Waals surface area (Å²) in [6, 6.07) is 0. The van der Waals surface area contributed by atoms with Crippen molar-refractivity contribution in [2.45, 2.75) is 6.10 Å². The fourth-order valence-electron chi connectivity index (χ4n) is 1.86. The summed E-state index contributed by atoms with van der Waals surface area (Å²) in [6.45, 7) is 2.00. The molecule has 2 N–H and O–H groups in total. The van der Waals surface area contributed by atoms with Crippen molar-refractivity contribution in [3.05, 3.63) is 0 Å². The highest BCUT2D eigenvalue weighted by atomic mass is 16.5. The Hall–Kier alpha value is -0.610. The highest BCUT2D eigenvalue weighted by molar-refractivity contribution is 5.71. The monoisotopic (exact) mass is 157 g/mol. The average Bonchev–Trinajstić information content (AvgIpc) is 2.41. The van der Waals surface area contributed by atoms with Crippen LogP contribution < -0.4 is 5.32 Å². The van der Waals surface area contributed by atoms with Crippen LogP contribution in [-0.2, 0) is 9.53 Å². The van der Waals surface area contributed by atoms with Crippen LogP contribution >= 0.6 is 0 Å². The van der Waals surface area contributed by atoms with Gasteiger partial charge >= 0.3 is 5.97 Å². The van der Waals surface area contributed by atoms with Crippen molar-refractivity contribution in [1.82, 2.24) is 5.32 Å². The zero-order valence-corrected chi connectivity index (χ0v) is 6.12. The van der Waals surface area contributed by atoms with Crippen LogP contribution in [0.4, 0.5) is 0 Å². The number of nitrogens with one attached hydrogen (secondary N) is 1. The van der Waals surface area contributed by atoms with E-state index in [1.807, 2.05) is 0 Å². The van der Waals surface area contributed by atoms with Crippen LogP contribution in [0.1, 0.15) is 0 Å². The Morgan fingerprint density at radius 1 is 1.55 bits per heavy atom. The standard InChI is InChI=1S/C7H11NO3/c9-7(10)5-3-11-6-2-8-1-4(5)6/h4-6,8H,1-3H2,(H,9,10)/t4-,5-,6-/m0/s1. The largest absolute Gasteiger partial charge is 0.481 e. The summed E-state index contributed by atoms with van der Waals surface area (Å²) in [5.74, 6) is -0.802. The van der Waals surface area contributed by atoms with Gasteiger partial charge in [0.1, 0.15) is 0 Å². The first-order chi connectivity index (χ1) is 5.29. The molecule has 0 spiro atoms. The van der Waals surface area contributed by atoms with E-state index in [1.54, 1.807) is 0 Å². The third-order valence-corrected chi connectivity index (χ3v) is 2.53. The summed E-state index contributed by atoms with van der Waals surface area (Å²) in [7, 11) is 0. The highest BCUT2D eigenvalue weighted by Gasteiger charge is 2.43. The van der Waals surface area contributed by atoms with Gasteiger partial charge < -0.3 is 15.2 Å². The number of ether oxygens (including phenoxy) is 1. The smallest absolute Gasteiger partial charge is 0.309 e. The maximum absolute atomic E-state index is 10.6. The van der Waals surface area contributed by atoms with Gasteiger partial charge in [0.05, 0.1) is 18.6 Å². The lowest BCUT2D eigenvalue weighted by Crippen LogP contribution is -2.25. The minimum atomic E-state index is -0.721. The van der Waals surface area contributed by atoms with Gasteiger partial charge in [-0.25, -0.2) is 0 Å². The van der Waals surface area contributed by atoms with E-state index in [4.69, 9.17) is 9.84 Å². The Morgan fingerprint density at radius 3 is 3.09 bits per heavy atom. The molecule has 0 aliphatic carbocycles. The molecular formula is C7H11NO3. The van der Waals surface area contributed by atoms with Crippen molar-refractivity contribution in [2.24, 2.45) is 11.8 Å².